The van der Waals surface area contributed by atoms with Crippen LogP contribution in [0.2, 0.25) is 0 Å². The van der Waals surface area contributed by atoms with Gasteiger partial charge in [-0.05, 0) is 43.9 Å². The van der Waals surface area contributed by atoms with Crippen LogP contribution < -0.4 is 21.7 Å². The van der Waals surface area contributed by atoms with Crippen LogP contribution in [0.5, 0.6) is 0 Å². The first-order chi connectivity index (χ1) is 11.6. The number of rotatable bonds is 6. The quantitative estimate of drug-likeness (QED) is 0.560. The lowest BCUT2D eigenvalue weighted by atomic mass is 9.89. The summed E-state index contributed by atoms with van der Waals surface area (Å²) < 4.78 is 0. The van der Waals surface area contributed by atoms with Crippen LogP contribution in [0.25, 0.3) is 0 Å². The van der Waals surface area contributed by atoms with E-state index in [0.717, 1.165) is 6.42 Å². The van der Waals surface area contributed by atoms with Gasteiger partial charge in [-0.15, -0.1) is 12.4 Å². The van der Waals surface area contributed by atoms with Crippen molar-refractivity contribution >= 4 is 30.3 Å². The van der Waals surface area contributed by atoms with Gasteiger partial charge < -0.3 is 16.4 Å². The first-order valence-corrected chi connectivity index (χ1v) is 8.36. The topological polar surface area (TPSA) is 113 Å². The Balaban J connectivity index is 0.00000338. The Morgan fingerprint density at radius 3 is 2.27 bits per heavy atom. The van der Waals surface area contributed by atoms with Crippen molar-refractivity contribution in [2.45, 2.75) is 45.2 Å². The maximum atomic E-state index is 12.5. The molecule has 1 aromatic carbocycles. The van der Waals surface area contributed by atoms with Crippen molar-refractivity contribution in [2.24, 2.45) is 11.7 Å². The molecule has 1 fully saturated rings. The van der Waals surface area contributed by atoms with Gasteiger partial charge in [-0.3, -0.25) is 14.9 Å². The Hall–Kier alpha value is -2.12. The van der Waals surface area contributed by atoms with Crippen LogP contribution in [-0.2, 0) is 10.3 Å². The summed E-state index contributed by atoms with van der Waals surface area (Å²) in [6, 6.07) is 6.09. The van der Waals surface area contributed by atoms with Gasteiger partial charge in [-0.1, -0.05) is 26.0 Å². The van der Waals surface area contributed by atoms with Crippen LogP contribution in [0.4, 0.5) is 4.79 Å². The lowest BCUT2D eigenvalue weighted by molar-refractivity contribution is -0.123. The molecule has 1 heterocycles. The van der Waals surface area contributed by atoms with Crippen LogP contribution in [0.15, 0.2) is 24.3 Å². The van der Waals surface area contributed by atoms with Crippen molar-refractivity contribution in [3.05, 3.63) is 35.4 Å². The van der Waals surface area contributed by atoms with Gasteiger partial charge in [0, 0.05) is 17.6 Å². The fourth-order valence-electron chi connectivity index (χ4n) is 3.13. The molecule has 0 spiro atoms. The number of hydrogen-bond donors (Lipinski definition) is 4. The van der Waals surface area contributed by atoms with E-state index in [2.05, 4.69) is 29.8 Å². The van der Waals surface area contributed by atoms with E-state index in [0.29, 0.717) is 23.6 Å². The van der Waals surface area contributed by atoms with Gasteiger partial charge in [0.15, 0.2) is 0 Å². The number of carbonyl (C=O) groups excluding carboxylic acids is 3. The lowest BCUT2D eigenvalue weighted by Gasteiger charge is -2.31. The smallest absolute Gasteiger partial charge is 0.322 e. The standard InChI is InChI=1S/C18H26N4O3.ClH/c1-11(2)9-17(3,10-19)21-14(23)12-5-7-13(8-6-12)18(4)15(24)20-16(25)22-18;/h5-8,11H,9-10,19H2,1-4H3,(H,21,23)(H2,20,22,24,25);1H. The Labute approximate surface area is 159 Å². The molecule has 5 N–H and O–H groups in total. The third-order valence-corrected chi connectivity index (χ3v) is 4.49. The Bertz CT molecular complexity index is 692. The summed E-state index contributed by atoms with van der Waals surface area (Å²) in [4.78, 5) is 35.9. The number of urea groups is 1. The van der Waals surface area contributed by atoms with Gasteiger partial charge in [0.05, 0.1) is 0 Å². The molecule has 0 radical (unpaired) electrons. The fourth-order valence-corrected chi connectivity index (χ4v) is 3.13. The van der Waals surface area contributed by atoms with E-state index >= 15 is 0 Å². The van der Waals surface area contributed by atoms with E-state index in [1.165, 1.54) is 0 Å². The predicted molar refractivity (Wildman–Crippen MR) is 102 cm³/mol. The maximum absolute atomic E-state index is 12.5. The number of carbonyl (C=O) groups is 3. The summed E-state index contributed by atoms with van der Waals surface area (Å²) in [6.07, 6.45) is 0.775. The second-order valence-corrected chi connectivity index (χ2v) is 7.43. The van der Waals surface area contributed by atoms with Crippen LogP contribution in [0.1, 0.15) is 50.0 Å². The van der Waals surface area contributed by atoms with Crippen molar-refractivity contribution in [2.75, 3.05) is 6.54 Å². The molecular weight excluding hydrogens is 356 g/mol. The second kappa shape index (κ2) is 8.05. The highest BCUT2D eigenvalue weighted by Gasteiger charge is 2.43. The largest absolute Gasteiger partial charge is 0.346 e. The Morgan fingerprint density at radius 2 is 1.85 bits per heavy atom. The average molecular weight is 383 g/mol. The highest BCUT2D eigenvalue weighted by molar-refractivity contribution is 6.07. The van der Waals surface area contributed by atoms with E-state index in [1.807, 2.05) is 6.92 Å². The molecule has 2 atom stereocenters. The van der Waals surface area contributed by atoms with Gasteiger partial charge in [0.1, 0.15) is 5.54 Å². The highest BCUT2D eigenvalue weighted by Crippen LogP contribution is 2.25. The summed E-state index contributed by atoms with van der Waals surface area (Å²) in [5, 5.41) is 7.81. The zero-order valence-corrected chi connectivity index (χ0v) is 16.3. The monoisotopic (exact) mass is 382 g/mol. The van der Waals surface area contributed by atoms with Crippen molar-refractivity contribution < 1.29 is 14.4 Å². The third kappa shape index (κ3) is 4.53. The number of imide groups is 1. The van der Waals surface area contributed by atoms with Crippen molar-refractivity contribution in [1.82, 2.24) is 16.0 Å². The molecule has 0 bridgehead atoms. The maximum Gasteiger partial charge on any atom is 0.322 e. The Morgan fingerprint density at radius 1 is 1.27 bits per heavy atom. The average Bonchev–Trinajstić information content (AvgIpc) is 2.80. The van der Waals surface area contributed by atoms with E-state index < -0.39 is 23.0 Å². The van der Waals surface area contributed by atoms with Gasteiger partial charge in [0.25, 0.3) is 11.8 Å². The first-order valence-electron chi connectivity index (χ1n) is 8.36. The molecule has 1 aromatic rings. The number of hydrogen-bond acceptors (Lipinski definition) is 4. The molecular formula is C18H27ClN4O3. The number of halogens is 1. The molecule has 0 saturated carbocycles. The fraction of sp³-hybridized carbons (Fsp3) is 0.500. The van der Waals surface area contributed by atoms with Gasteiger partial charge in [0.2, 0.25) is 0 Å². The summed E-state index contributed by atoms with van der Waals surface area (Å²) in [5.74, 6) is -0.229. The number of nitrogens with two attached hydrogens (primary N) is 1. The highest BCUT2D eigenvalue weighted by atomic mass is 35.5. The summed E-state index contributed by atoms with van der Waals surface area (Å²) in [7, 11) is 0. The van der Waals surface area contributed by atoms with E-state index in [9.17, 15) is 14.4 Å². The van der Waals surface area contributed by atoms with Gasteiger partial charge in [-0.2, -0.15) is 0 Å². The molecule has 2 rings (SSSR count). The molecule has 1 aliphatic heterocycles. The zero-order valence-electron chi connectivity index (χ0n) is 15.5. The first kappa shape index (κ1) is 21.9. The number of benzene rings is 1. The van der Waals surface area contributed by atoms with E-state index in [4.69, 9.17) is 5.73 Å². The molecule has 7 nitrogen and oxygen atoms in total. The minimum absolute atomic E-state index is 0. The molecule has 26 heavy (non-hydrogen) atoms. The van der Waals surface area contributed by atoms with Crippen LogP contribution in [-0.4, -0.2) is 29.9 Å². The van der Waals surface area contributed by atoms with Gasteiger partial charge in [-0.25, -0.2) is 4.79 Å². The minimum Gasteiger partial charge on any atom is -0.346 e. The molecule has 0 aromatic heterocycles. The third-order valence-electron chi connectivity index (χ3n) is 4.49. The summed E-state index contributed by atoms with van der Waals surface area (Å²) in [5.41, 5.74) is 5.31. The molecule has 2 unspecified atom stereocenters. The van der Waals surface area contributed by atoms with Crippen LogP contribution >= 0.6 is 12.4 Å². The molecule has 1 saturated heterocycles. The second-order valence-electron chi connectivity index (χ2n) is 7.43. The SMILES string of the molecule is CC(C)CC(C)(CN)NC(=O)c1ccc(C2(C)NC(=O)NC2=O)cc1.Cl. The molecule has 0 aliphatic carbocycles. The van der Waals surface area contributed by atoms with Crippen molar-refractivity contribution in [3.8, 4) is 0 Å². The molecule has 1 aliphatic rings. The normalized spacial score (nSPS) is 21.5. The molecule has 4 amide bonds. The van der Waals surface area contributed by atoms with E-state index in [-0.39, 0.29) is 18.3 Å². The van der Waals surface area contributed by atoms with Crippen LogP contribution in [0.3, 0.4) is 0 Å². The van der Waals surface area contributed by atoms with Crippen molar-refractivity contribution in [1.29, 1.82) is 0 Å². The van der Waals surface area contributed by atoms with Gasteiger partial charge >= 0.3 is 6.03 Å². The Kier molecular flexibility index (Phi) is 6.79. The number of nitrogens with one attached hydrogen (secondary N) is 3. The van der Waals surface area contributed by atoms with Crippen LogP contribution in [0, 0.1) is 5.92 Å². The lowest BCUT2D eigenvalue weighted by Crippen LogP contribution is -2.52. The summed E-state index contributed by atoms with van der Waals surface area (Å²) in [6.45, 7) is 8.06. The zero-order chi connectivity index (χ0) is 18.8. The number of amides is 4. The summed E-state index contributed by atoms with van der Waals surface area (Å²) >= 11 is 0. The minimum atomic E-state index is -1.13. The molecule has 144 valence electrons. The predicted octanol–water partition coefficient (Wildman–Crippen LogP) is 1.66. The van der Waals surface area contributed by atoms with E-state index in [1.54, 1.807) is 31.2 Å². The van der Waals surface area contributed by atoms with Crippen molar-refractivity contribution in [3.63, 3.8) is 0 Å². The molecule has 8 heteroatoms.